The maximum Gasteiger partial charge on any atom is 0.408 e. The van der Waals surface area contributed by atoms with E-state index in [-0.39, 0.29) is 13.0 Å². The Morgan fingerprint density at radius 1 is 0.867 bits per heavy atom. The maximum atomic E-state index is 12.4. The molecule has 1 atom stereocenters. The Hall–Kier alpha value is -3.88. The number of ether oxygens (including phenoxy) is 2. The molecule has 0 bridgehead atoms. The van der Waals surface area contributed by atoms with E-state index in [1.807, 2.05) is 29.6 Å². The van der Waals surface area contributed by atoms with Crippen LogP contribution >= 0.6 is 0 Å². The minimum absolute atomic E-state index is 0.0360. The number of carbonyl (C=O) groups is 4. The van der Waals surface area contributed by atoms with Crippen LogP contribution in [-0.4, -0.2) is 43.7 Å². The monoisotopic (exact) mass is 413 g/mol. The van der Waals surface area contributed by atoms with Gasteiger partial charge in [0.05, 0.1) is 0 Å². The fourth-order valence-corrected chi connectivity index (χ4v) is 2.41. The zero-order chi connectivity index (χ0) is 21.8. The molecular weight excluding hydrogens is 390 g/mol. The van der Waals surface area contributed by atoms with E-state index < -0.39 is 36.6 Å². The Morgan fingerprint density at radius 2 is 1.47 bits per heavy atom. The topological polar surface area (TPSA) is 123 Å². The van der Waals surface area contributed by atoms with Gasteiger partial charge < -0.3 is 20.1 Å². The van der Waals surface area contributed by atoms with Gasteiger partial charge in [0, 0.05) is 13.5 Å². The molecule has 0 radical (unpaired) electrons. The number of imide groups is 1. The van der Waals surface area contributed by atoms with Crippen LogP contribution in [-0.2, 0) is 32.1 Å². The molecule has 0 aliphatic carbocycles. The molecule has 158 valence electrons. The Bertz CT molecular complexity index is 858. The number of nitrogens with one attached hydrogen (secondary N) is 3. The molecule has 0 heterocycles. The molecule has 2 aromatic carbocycles. The van der Waals surface area contributed by atoms with Gasteiger partial charge in [-0.3, -0.25) is 10.1 Å². The lowest BCUT2D eigenvalue weighted by Gasteiger charge is -2.17. The Kier molecular flexibility index (Phi) is 8.85. The summed E-state index contributed by atoms with van der Waals surface area (Å²) in [6.45, 7) is -0.632. The van der Waals surface area contributed by atoms with Crippen molar-refractivity contribution in [3.05, 3.63) is 71.8 Å². The molecule has 0 aliphatic heterocycles. The van der Waals surface area contributed by atoms with Crippen LogP contribution < -0.4 is 16.0 Å². The summed E-state index contributed by atoms with van der Waals surface area (Å²) in [5.41, 5.74) is 1.57. The first-order valence-corrected chi connectivity index (χ1v) is 9.17. The summed E-state index contributed by atoms with van der Waals surface area (Å²) in [5.74, 6) is -1.63. The minimum atomic E-state index is -1.08. The molecule has 2 aromatic rings. The molecule has 0 saturated carbocycles. The van der Waals surface area contributed by atoms with Crippen molar-refractivity contribution in [1.29, 1.82) is 0 Å². The Labute approximate surface area is 173 Å². The quantitative estimate of drug-likeness (QED) is 0.564. The van der Waals surface area contributed by atoms with Gasteiger partial charge in [0.15, 0.2) is 6.61 Å². The van der Waals surface area contributed by atoms with E-state index in [0.29, 0.717) is 0 Å². The molecule has 0 aromatic heterocycles. The van der Waals surface area contributed by atoms with Crippen LogP contribution in [0.1, 0.15) is 11.1 Å². The van der Waals surface area contributed by atoms with Crippen LogP contribution in [0.2, 0.25) is 0 Å². The average molecular weight is 413 g/mol. The van der Waals surface area contributed by atoms with E-state index in [4.69, 9.17) is 9.47 Å². The van der Waals surface area contributed by atoms with Gasteiger partial charge in [0.2, 0.25) is 0 Å². The number of hydrogen-bond donors (Lipinski definition) is 3. The van der Waals surface area contributed by atoms with E-state index in [0.717, 1.165) is 11.1 Å². The lowest BCUT2D eigenvalue weighted by molar-refractivity contribution is -0.150. The van der Waals surface area contributed by atoms with Crippen molar-refractivity contribution in [2.45, 2.75) is 19.1 Å². The SMILES string of the molecule is CNC(=O)NC(=O)COC(=O)[C@H](Cc1ccccc1)NC(=O)OCc1ccccc1. The lowest BCUT2D eigenvalue weighted by Crippen LogP contribution is -2.45. The largest absolute Gasteiger partial charge is 0.454 e. The van der Waals surface area contributed by atoms with Crippen molar-refractivity contribution >= 4 is 24.0 Å². The van der Waals surface area contributed by atoms with E-state index >= 15 is 0 Å². The summed E-state index contributed by atoms with van der Waals surface area (Å²) < 4.78 is 10.1. The standard InChI is InChI=1S/C21H23N3O6/c1-22-20(27)24-18(25)14-29-19(26)17(12-15-8-4-2-5-9-15)23-21(28)30-13-16-10-6-3-7-11-16/h2-11,17H,12-14H2,1H3,(H,23,28)(H2,22,24,25,27)/t17-/m0/s1. The molecule has 0 aliphatic rings. The summed E-state index contributed by atoms with van der Waals surface area (Å²) >= 11 is 0. The summed E-state index contributed by atoms with van der Waals surface area (Å²) in [6, 6.07) is 16.3. The molecule has 3 N–H and O–H groups in total. The van der Waals surface area contributed by atoms with Gasteiger partial charge in [0.1, 0.15) is 12.6 Å². The predicted octanol–water partition coefficient (Wildman–Crippen LogP) is 1.52. The van der Waals surface area contributed by atoms with Gasteiger partial charge >= 0.3 is 18.1 Å². The van der Waals surface area contributed by atoms with Crippen molar-refractivity contribution in [3.63, 3.8) is 0 Å². The number of esters is 1. The molecule has 0 saturated heterocycles. The summed E-state index contributed by atoms with van der Waals surface area (Å²) in [4.78, 5) is 47.4. The first-order chi connectivity index (χ1) is 14.5. The zero-order valence-electron chi connectivity index (χ0n) is 16.4. The highest BCUT2D eigenvalue weighted by molar-refractivity contribution is 5.95. The predicted molar refractivity (Wildman–Crippen MR) is 107 cm³/mol. The molecule has 0 unspecified atom stereocenters. The lowest BCUT2D eigenvalue weighted by atomic mass is 10.1. The molecule has 0 spiro atoms. The van der Waals surface area contributed by atoms with Crippen LogP contribution in [0.25, 0.3) is 0 Å². The minimum Gasteiger partial charge on any atom is -0.454 e. The molecule has 0 fully saturated rings. The van der Waals surface area contributed by atoms with Gasteiger partial charge in [-0.05, 0) is 11.1 Å². The fourth-order valence-electron chi connectivity index (χ4n) is 2.41. The van der Waals surface area contributed by atoms with Crippen molar-refractivity contribution in [2.75, 3.05) is 13.7 Å². The maximum absolute atomic E-state index is 12.4. The van der Waals surface area contributed by atoms with Crippen molar-refractivity contribution in [1.82, 2.24) is 16.0 Å². The normalized spacial score (nSPS) is 11.0. The third-order valence-electron chi connectivity index (χ3n) is 3.90. The van der Waals surface area contributed by atoms with Crippen LogP contribution in [0.5, 0.6) is 0 Å². The molecule has 30 heavy (non-hydrogen) atoms. The highest BCUT2D eigenvalue weighted by atomic mass is 16.6. The van der Waals surface area contributed by atoms with E-state index in [2.05, 4.69) is 10.6 Å². The van der Waals surface area contributed by atoms with E-state index in [1.54, 1.807) is 36.4 Å². The number of hydrogen-bond acceptors (Lipinski definition) is 6. The third kappa shape index (κ3) is 8.01. The highest BCUT2D eigenvalue weighted by Gasteiger charge is 2.24. The van der Waals surface area contributed by atoms with Crippen LogP contribution in [0.15, 0.2) is 60.7 Å². The Morgan fingerprint density at radius 3 is 2.07 bits per heavy atom. The molecule has 9 nitrogen and oxygen atoms in total. The molecule has 2 rings (SSSR count). The Balaban J connectivity index is 1.95. The molecule has 9 heteroatoms. The smallest absolute Gasteiger partial charge is 0.408 e. The second kappa shape index (κ2) is 11.8. The molecular formula is C21H23N3O6. The van der Waals surface area contributed by atoms with Crippen LogP contribution in [0, 0.1) is 0 Å². The second-order valence-corrected chi connectivity index (χ2v) is 6.18. The van der Waals surface area contributed by atoms with Gasteiger partial charge in [-0.15, -0.1) is 0 Å². The number of urea groups is 1. The first-order valence-electron chi connectivity index (χ1n) is 9.17. The van der Waals surface area contributed by atoms with Crippen molar-refractivity contribution in [3.8, 4) is 0 Å². The number of rotatable bonds is 8. The van der Waals surface area contributed by atoms with Crippen molar-refractivity contribution < 1.29 is 28.7 Å². The number of alkyl carbamates (subject to hydrolysis) is 1. The second-order valence-electron chi connectivity index (χ2n) is 6.18. The van der Waals surface area contributed by atoms with Crippen molar-refractivity contribution in [2.24, 2.45) is 0 Å². The van der Waals surface area contributed by atoms with E-state index in [1.165, 1.54) is 7.05 Å². The third-order valence-corrected chi connectivity index (χ3v) is 3.90. The number of carbonyl (C=O) groups excluding carboxylic acids is 4. The number of benzene rings is 2. The van der Waals surface area contributed by atoms with Gasteiger partial charge in [-0.1, -0.05) is 60.7 Å². The summed E-state index contributed by atoms with van der Waals surface area (Å²) in [6.07, 6.45) is -0.663. The summed E-state index contributed by atoms with van der Waals surface area (Å²) in [7, 11) is 1.34. The summed E-state index contributed by atoms with van der Waals surface area (Å²) in [5, 5.41) is 6.65. The van der Waals surface area contributed by atoms with Gasteiger partial charge in [-0.2, -0.15) is 0 Å². The fraction of sp³-hybridized carbons (Fsp3) is 0.238. The highest BCUT2D eigenvalue weighted by Crippen LogP contribution is 2.06. The average Bonchev–Trinajstić information content (AvgIpc) is 2.77. The van der Waals surface area contributed by atoms with Crippen LogP contribution in [0.4, 0.5) is 9.59 Å². The van der Waals surface area contributed by atoms with Gasteiger partial charge in [-0.25, -0.2) is 14.4 Å². The number of amides is 4. The zero-order valence-corrected chi connectivity index (χ0v) is 16.4. The van der Waals surface area contributed by atoms with E-state index in [9.17, 15) is 19.2 Å². The first kappa shape index (κ1) is 22.4. The van der Waals surface area contributed by atoms with Crippen LogP contribution in [0.3, 0.4) is 0 Å². The van der Waals surface area contributed by atoms with Gasteiger partial charge in [0.25, 0.3) is 5.91 Å². The molecule has 4 amide bonds.